The number of nitrogens with one attached hydrogen (secondary N) is 2. The Morgan fingerprint density at radius 1 is 1.26 bits per heavy atom. The zero-order valence-corrected chi connectivity index (χ0v) is 11.3. The molecule has 0 radical (unpaired) electrons. The van der Waals surface area contributed by atoms with E-state index < -0.39 is 21.7 Å². The van der Waals surface area contributed by atoms with Crippen molar-refractivity contribution in [2.24, 2.45) is 0 Å². The summed E-state index contributed by atoms with van der Waals surface area (Å²) in [6.45, 7) is 2.71. The van der Waals surface area contributed by atoms with Gasteiger partial charge in [0.25, 0.3) is 0 Å². The summed E-state index contributed by atoms with van der Waals surface area (Å²) >= 11 is 0. The Labute approximate surface area is 111 Å². The van der Waals surface area contributed by atoms with E-state index in [1.54, 1.807) is 0 Å². The standard InChI is InChI=1S/C12H16F2N2O2S/c1-8-12(3-2-4-15-8)16-19(17,18)11-6-9(13)5-10(14)7-11/h5-8,12,15-16H,2-4H2,1H3. The lowest BCUT2D eigenvalue weighted by Gasteiger charge is -2.30. The Hall–Kier alpha value is -1.05. The Morgan fingerprint density at radius 3 is 2.47 bits per heavy atom. The number of hydrogen-bond donors (Lipinski definition) is 2. The van der Waals surface area contributed by atoms with Crippen LogP contribution in [-0.4, -0.2) is 27.0 Å². The first-order valence-electron chi connectivity index (χ1n) is 6.10. The van der Waals surface area contributed by atoms with Gasteiger partial charge in [0, 0.05) is 18.2 Å². The van der Waals surface area contributed by atoms with Gasteiger partial charge in [0.1, 0.15) is 11.6 Å². The largest absolute Gasteiger partial charge is 0.313 e. The Bertz CT molecular complexity index is 543. The lowest BCUT2D eigenvalue weighted by atomic mass is 10.0. The fraction of sp³-hybridized carbons (Fsp3) is 0.500. The van der Waals surface area contributed by atoms with Crippen LogP contribution in [0.1, 0.15) is 19.8 Å². The highest BCUT2D eigenvalue weighted by Crippen LogP contribution is 2.16. The number of sulfonamides is 1. The smallest absolute Gasteiger partial charge is 0.241 e. The topological polar surface area (TPSA) is 58.2 Å². The average Bonchev–Trinajstić information content (AvgIpc) is 2.31. The minimum absolute atomic E-state index is 0.0121. The molecule has 1 aromatic rings. The Balaban J connectivity index is 2.22. The Kier molecular flexibility index (Phi) is 4.17. The molecule has 0 aliphatic carbocycles. The molecule has 2 unspecified atom stereocenters. The normalized spacial score (nSPS) is 24.4. The number of benzene rings is 1. The van der Waals surface area contributed by atoms with Crippen molar-refractivity contribution in [3.8, 4) is 0 Å². The molecule has 0 aromatic heterocycles. The van der Waals surface area contributed by atoms with Crippen molar-refractivity contribution in [1.29, 1.82) is 0 Å². The van der Waals surface area contributed by atoms with Crippen molar-refractivity contribution in [1.82, 2.24) is 10.0 Å². The van der Waals surface area contributed by atoms with Gasteiger partial charge in [-0.05, 0) is 38.4 Å². The van der Waals surface area contributed by atoms with Gasteiger partial charge in [-0.3, -0.25) is 0 Å². The highest BCUT2D eigenvalue weighted by molar-refractivity contribution is 7.89. The van der Waals surface area contributed by atoms with E-state index >= 15 is 0 Å². The number of halogens is 2. The summed E-state index contributed by atoms with van der Waals surface area (Å²) in [5.74, 6) is -1.81. The molecule has 1 saturated heterocycles. The minimum atomic E-state index is -3.91. The monoisotopic (exact) mass is 290 g/mol. The van der Waals surface area contributed by atoms with Crippen molar-refractivity contribution in [3.63, 3.8) is 0 Å². The SMILES string of the molecule is CC1NCCCC1NS(=O)(=O)c1cc(F)cc(F)c1. The van der Waals surface area contributed by atoms with Crippen LogP contribution in [0.15, 0.2) is 23.1 Å². The summed E-state index contributed by atoms with van der Waals surface area (Å²) in [6.07, 6.45) is 1.56. The van der Waals surface area contributed by atoms with Crippen LogP contribution in [0.3, 0.4) is 0 Å². The lowest BCUT2D eigenvalue weighted by molar-refractivity contribution is 0.348. The van der Waals surface area contributed by atoms with Crippen LogP contribution >= 0.6 is 0 Å². The molecule has 2 rings (SSSR count). The highest BCUT2D eigenvalue weighted by atomic mass is 32.2. The van der Waals surface area contributed by atoms with Gasteiger partial charge in [0.2, 0.25) is 10.0 Å². The number of rotatable bonds is 3. The number of hydrogen-bond acceptors (Lipinski definition) is 3. The molecule has 2 N–H and O–H groups in total. The molecule has 0 saturated carbocycles. The van der Waals surface area contributed by atoms with E-state index in [0.717, 1.165) is 25.1 Å². The molecular weight excluding hydrogens is 274 g/mol. The second-order valence-corrected chi connectivity index (χ2v) is 6.43. The van der Waals surface area contributed by atoms with Crippen molar-refractivity contribution >= 4 is 10.0 Å². The maximum Gasteiger partial charge on any atom is 0.241 e. The third-order valence-electron chi connectivity index (χ3n) is 3.21. The molecule has 0 amide bonds. The van der Waals surface area contributed by atoms with E-state index in [4.69, 9.17) is 0 Å². The van der Waals surface area contributed by atoms with Gasteiger partial charge in [-0.1, -0.05) is 0 Å². The molecule has 7 heteroatoms. The van der Waals surface area contributed by atoms with Crippen LogP contribution in [0.4, 0.5) is 8.78 Å². The molecule has 1 aromatic carbocycles. The van der Waals surface area contributed by atoms with Gasteiger partial charge in [-0.15, -0.1) is 0 Å². The van der Waals surface area contributed by atoms with Gasteiger partial charge in [-0.25, -0.2) is 21.9 Å². The minimum Gasteiger partial charge on any atom is -0.313 e. The van der Waals surface area contributed by atoms with Crippen LogP contribution in [0, 0.1) is 11.6 Å². The molecule has 1 aliphatic rings. The van der Waals surface area contributed by atoms with Crippen LogP contribution < -0.4 is 10.0 Å². The second kappa shape index (κ2) is 5.52. The predicted molar refractivity (Wildman–Crippen MR) is 67.2 cm³/mol. The van der Waals surface area contributed by atoms with E-state index in [2.05, 4.69) is 10.0 Å². The first kappa shape index (κ1) is 14.4. The van der Waals surface area contributed by atoms with E-state index in [1.807, 2.05) is 6.92 Å². The quantitative estimate of drug-likeness (QED) is 0.884. The molecule has 19 heavy (non-hydrogen) atoms. The van der Waals surface area contributed by atoms with Crippen LogP contribution in [0.5, 0.6) is 0 Å². The first-order valence-corrected chi connectivity index (χ1v) is 7.58. The average molecular weight is 290 g/mol. The van der Waals surface area contributed by atoms with Crippen molar-refractivity contribution < 1.29 is 17.2 Å². The van der Waals surface area contributed by atoms with Crippen molar-refractivity contribution in [2.75, 3.05) is 6.54 Å². The third kappa shape index (κ3) is 3.49. The molecule has 2 atom stereocenters. The van der Waals surface area contributed by atoms with Crippen LogP contribution in [0.25, 0.3) is 0 Å². The van der Waals surface area contributed by atoms with Gasteiger partial charge in [0.05, 0.1) is 4.90 Å². The fourth-order valence-electron chi connectivity index (χ4n) is 2.16. The fourth-order valence-corrected chi connectivity index (χ4v) is 3.55. The molecule has 1 fully saturated rings. The molecule has 1 heterocycles. The maximum atomic E-state index is 13.1. The summed E-state index contributed by atoms with van der Waals surface area (Å²) in [4.78, 5) is -0.386. The van der Waals surface area contributed by atoms with Crippen molar-refractivity contribution in [3.05, 3.63) is 29.8 Å². The lowest BCUT2D eigenvalue weighted by Crippen LogP contribution is -2.51. The van der Waals surface area contributed by atoms with Crippen LogP contribution in [0.2, 0.25) is 0 Å². The van der Waals surface area contributed by atoms with Gasteiger partial charge < -0.3 is 5.32 Å². The van der Waals surface area contributed by atoms with E-state index in [0.29, 0.717) is 12.5 Å². The van der Waals surface area contributed by atoms with E-state index in [9.17, 15) is 17.2 Å². The third-order valence-corrected chi connectivity index (χ3v) is 4.68. The maximum absolute atomic E-state index is 13.1. The van der Waals surface area contributed by atoms with Gasteiger partial charge in [0.15, 0.2) is 0 Å². The summed E-state index contributed by atoms with van der Waals surface area (Å²) in [7, 11) is -3.91. The molecule has 0 spiro atoms. The zero-order valence-electron chi connectivity index (χ0n) is 10.5. The summed E-state index contributed by atoms with van der Waals surface area (Å²) < 4.78 is 52.8. The first-order chi connectivity index (χ1) is 8.88. The summed E-state index contributed by atoms with van der Waals surface area (Å²) in [5.41, 5.74) is 0. The van der Waals surface area contributed by atoms with Gasteiger partial charge >= 0.3 is 0 Å². The molecule has 106 valence electrons. The molecule has 4 nitrogen and oxygen atoms in total. The second-order valence-electron chi connectivity index (χ2n) is 4.72. The molecule has 1 aliphatic heterocycles. The highest BCUT2D eigenvalue weighted by Gasteiger charge is 2.27. The zero-order chi connectivity index (χ0) is 14.0. The van der Waals surface area contributed by atoms with Crippen molar-refractivity contribution in [2.45, 2.75) is 36.7 Å². The number of piperidine rings is 1. The summed E-state index contributed by atoms with van der Waals surface area (Å²) in [5, 5.41) is 3.15. The Morgan fingerprint density at radius 2 is 1.89 bits per heavy atom. The van der Waals surface area contributed by atoms with Crippen LogP contribution in [-0.2, 0) is 10.0 Å². The van der Waals surface area contributed by atoms with E-state index in [-0.39, 0.29) is 17.0 Å². The predicted octanol–water partition coefficient (Wildman–Crippen LogP) is 1.38. The van der Waals surface area contributed by atoms with E-state index in [1.165, 1.54) is 0 Å². The molecular formula is C12H16F2N2O2S. The summed E-state index contributed by atoms with van der Waals surface area (Å²) in [6, 6.07) is 1.98. The molecule has 0 bridgehead atoms. The van der Waals surface area contributed by atoms with Gasteiger partial charge in [-0.2, -0.15) is 0 Å².